The Morgan fingerprint density at radius 3 is 2.47 bits per heavy atom. The van der Waals surface area contributed by atoms with E-state index in [0.29, 0.717) is 5.92 Å². The first-order chi connectivity index (χ1) is 7.00. The first-order valence-electron chi connectivity index (χ1n) is 5.18. The Labute approximate surface area is 99.9 Å². The van der Waals surface area contributed by atoms with E-state index in [1.165, 1.54) is 0 Å². The van der Waals surface area contributed by atoms with E-state index in [0.717, 1.165) is 22.4 Å². The Morgan fingerprint density at radius 1 is 1.33 bits per heavy atom. The van der Waals surface area contributed by atoms with Gasteiger partial charge < -0.3 is 10.5 Å². The molecule has 0 amide bonds. The third-order valence-corrected chi connectivity index (χ3v) is 2.73. The molecule has 0 aliphatic rings. The predicted octanol–water partition coefficient (Wildman–Crippen LogP) is 3.50. The molecule has 0 bridgehead atoms. The van der Waals surface area contributed by atoms with Gasteiger partial charge in [0.2, 0.25) is 0 Å². The van der Waals surface area contributed by atoms with Gasteiger partial charge in [-0.3, -0.25) is 0 Å². The average Bonchev–Trinajstić information content (AvgIpc) is 2.14. The van der Waals surface area contributed by atoms with Crippen LogP contribution in [0.25, 0.3) is 0 Å². The van der Waals surface area contributed by atoms with Gasteiger partial charge in [-0.05, 0) is 30.5 Å². The Bertz CT molecular complexity index is 323. The number of rotatable bonds is 4. The van der Waals surface area contributed by atoms with Crippen molar-refractivity contribution in [2.45, 2.75) is 26.8 Å². The molecule has 0 radical (unpaired) electrons. The molecular weight excluding hydrogens is 254 g/mol. The lowest BCUT2D eigenvalue weighted by atomic mass is 10.1. The van der Waals surface area contributed by atoms with Crippen molar-refractivity contribution in [1.29, 1.82) is 0 Å². The van der Waals surface area contributed by atoms with Gasteiger partial charge in [0.15, 0.2) is 0 Å². The zero-order valence-electron chi connectivity index (χ0n) is 9.46. The summed E-state index contributed by atoms with van der Waals surface area (Å²) >= 11 is 3.49. The summed E-state index contributed by atoms with van der Waals surface area (Å²) in [7, 11) is 0. The van der Waals surface area contributed by atoms with Crippen molar-refractivity contribution in [3.05, 3.63) is 28.2 Å². The predicted molar refractivity (Wildman–Crippen MR) is 67.1 cm³/mol. The molecule has 1 aromatic rings. The zero-order chi connectivity index (χ0) is 11.4. The summed E-state index contributed by atoms with van der Waals surface area (Å²) in [5.41, 5.74) is 6.92. The first kappa shape index (κ1) is 12.5. The molecule has 0 aliphatic carbocycles. The maximum absolute atomic E-state index is 5.82. The Kier molecular flexibility index (Phi) is 4.61. The summed E-state index contributed by atoms with van der Waals surface area (Å²) in [6.07, 6.45) is 0. The van der Waals surface area contributed by atoms with Crippen LogP contribution in [0.1, 0.15) is 32.4 Å². The van der Waals surface area contributed by atoms with E-state index in [9.17, 15) is 0 Å². The highest BCUT2D eigenvalue weighted by Crippen LogP contribution is 2.26. The van der Waals surface area contributed by atoms with E-state index in [4.69, 9.17) is 10.5 Å². The van der Waals surface area contributed by atoms with Gasteiger partial charge in [-0.1, -0.05) is 35.8 Å². The van der Waals surface area contributed by atoms with Crippen LogP contribution >= 0.6 is 15.9 Å². The summed E-state index contributed by atoms with van der Waals surface area (Å²) in [6, 6.07) is 5.98. The van der Waals surface area contributed by atoms with Crippen molar-refractivity contribution in [2.75, 3.05) is 6.61 Å². The molecular formula is C12H18BrNO. The van der Waals surface area contributed by atoms with Crippen molar-refractivity contribution in [3.8, 4) is 5.75 Å². The molecule has 1 unspecified atom stereocenters. The van der Waals surface area contributed by atoms with E-state index < -0.39 is 0 Å². The van der Waals surface area contributed by atoms with Gasteiger partial charge in [0.1, 0.15) is 5.75 Å². The zero-order valence-corrected chi connectivity index (χ0v) is 11.0. The molecule has 0 aliphatic heterocycles. The van der Waals surface area contributed by atoms with Gasteiger partial charge in [-0.25, -0.2) is 0 Å². The van der Waals surface area contributed by atoms with Gasteiger partial charge in [0.05, 0.1) is 6.61 Å². The number of hydrogen-bond donors (Lipinski definition) is 1. The number of ether oxygens (including phenoxy) is 1. The fraction of sp³-hybridized carbons (Fsp3) is 0.500. The van der Waals surface area contributed by atoms with Crippen molar-refractivity contribution >= 4 is 15.9 Å². The lowest BCUT2D eigenvalue weighted by Crippen LogP contribution is -2.07. The maximum Gasteiger partial charge on any atom is 0.120 e. The van der Waals surface area contributed by atoms with E-state index >= 15 is 0 Å². The van der Waals surface area contributed by atoms with Gasteiger partial charge in [-0.15, -0.1) is 0 Å². The fourth-order valence-electron chi connectivity index (χ4n) is 1.23. The second kappa shape index (κ2) is 5.52. The van der Waals surface area contributed by atoms with Gasteiger partial charge >= 0.3 is 0 Å². The van der Waals surface area contributed by atoms with E-state index in [1.54, 1.807) is 0 Å². The van der Waals surface area contributed by atoms with Crippen molar-refractivity contribution in [3.63, 3.8) is 0 Å². The molecule has 2 N–H and O–H groups in total. The smallest absolute Gasteiger partial charge is 0.120 e. The van der Waals surface area contributed by atoms with Crippen LogP contribution in [0.5, 0.6) is 5.75 Å². The van der Waals surface area contributed by atoms with E-state index in [2.05, 4.69) is 29.8 Å². The molecule has 0 saturated heterocycles. The molecule has 1 rings (SSSR count). The molecule has 1 atom stereocenters. The monoisotopic (exact) mass is 271 g/mol. The largest absolute Gasteiger partial charge is 0.493 e. The Balaban J connectivity index is 2.73. The number of halogens is 1. The fourth-order valence-corrected chi connectivity index (χ4v) is 1.95. The summed E-state index contributed by atoms with van der Waals surface area (Å²) in [6.45, 7) is 6.97. The third kappa shape index (κ3) is 3.84. The average molecular weight is 272 g/mol. The van der Waals surface area contributed by atoms with Crippen LogP contribution in [0, 0.1) is 5.92 Å². The summed E-state index contributed by atoms with van der Waals surface area (Å²) < 4.78 is 6.62. The maximum atomic E-state index is 5.82. The molecule has 2 nitrogen and oxygen atoms in total. The number of nitrogens with two attached hydrogens (primary N) is 1. The van der Waals surface area contributed by atoms with Crippen LogP contribution in [-0.2, 0) is 0 Å². The molecule has 0 spiro atoms. The second-order valence-electron chi connectivity index (χ2n) is 4.18. The highest BCUT2D eigenvalue weighted by molar-refractivity contribution is 9.10. The van der Waals surface area contributed by atoms with Crippen molar-refractivity contribution in [1.82, 2.24) is 0 Å². The second-order valence-corrected chi connectivity index (χ2v) is 5.03. The summed E-state index contributed by atoms with van der Waals surface area (Å²) in [5.74, 6) is 1.43. The molecule has 0 saturated carbocycles. The Morgan fingerprint density at radius 2 is 2.00 bits per heavy atom. The highest BCUT2D eigenvalue weighted by Gasteiger charge is 2.06. The molecule has 0 fully saturated rings. The van der Waals surface area contributed by atoms with Crippen LogP contribution in [0.4, 0.5) is 0 Å². The van der Waals surface area contributed by atoms with Crippen LogP contribution in [0.15, 0.2) is 22.7 Å². The quantitative estimate of drug-likeness (QED) is 0.910. The molecule has 3 heteroatoms. The minimum atomic E-state index is 0.0403. The minimum Gasteiger partial charge on any atom is -0.493 e. The molecule has 1 aromatic carbocycles. The van der Waals surface area contributed by atoms with Crippen LogP contribution in [0.3, 0.4) is 0 Å². The third-order valence-electron chi connectivity index (χ3n) is 2.05. The SMILES string of the molecule is CC(C)COc1ccc(C(C)N)c(Br)c1. The van der Waals surface area contributed by atoms with E-state index in [-0.39, 0.29) is 6.04 Å². The minimum absolute atomic E-state index is 0.0403. The van der Waals surface area contributed by atoms with Crippen LogP contribution < -0.4 is 10.5 Å². The molecule has 84 valence electrons. The van der Waals surface area contributed by atoms with Crippen LogP contribution in [0.2, 0.25) is 0 Å². The number of benzene rings is 1. The molecule has 0 aromatic heterocycles. The Hall–Kier alpha value is -0.540. The van der Waals surface area contributed by atoms with Gasteiger partial charge in [-0.2, -0.15) is 0 Å². The van der Waals surface area contributed by atoms with Crippen molar-refractivity contribution < 1.29 is 4.74 Å². The van der Waals surface area contributed by atoms with Gasteiger partial charge in [0.25, 0.3) is 0 Å². The first-order valence-corrected chi connectivity index (χ1v) is 5.98. The van der Waals surface area contributed by atoms with Crippen molar-refractivity contribution in [2.24, 2.45) is 11.7 Å². The topological polar surface area (TPSA) is 35.2 Å². The molecule has 0 heterocycles. The number of hydrogen-bond acceptors (Lipinski definition) is 2. The summed E-state index contributed by atoms with van der Waals surface area (Å²) in [5, 5.41) is 0. The lowest BCUT2D eigenvalue weighted by molar-refractivity contribution is 0.271. The normalized spacial score (nSPS) is 12.9. The lowest BCUT2D eigenvalue weighted by Gasteiger charge is -2.12. The standard InChI is InChI=1S/C12H18BrNO/c1-8(2)7-15-10-4-5-11(9(3)14)12(13)6-10/h4-6,8-9H,7,14H2,1-3H3. The van der Waals surface area contributed by atoms with E-state index in [1.807, 2.05) is 25.1 Å². The summed E-state index contributed by atoms with van der Waals surface area (Å²) in [4.78, 5) is 0. The van der Waals surface area contributed by atoms with Gasteiger partial charge in [0, 0.05) is 10.5 Å². The highest BCUT2D eigenvalue weighted by atomic mass is 79.9. The molecule has 15 heavy (non-hydrogen) atoms. The van der Waals surface area contributed by atoms with Crippen LogP contribution in [-0.4, -0.2) is 6.61 Å².